The monoisotopic (exact) mass is 305 g/mol. The fraction of sp³-hybridized carbons (Fsp3) is 0.667. The summed E-state index contributed by atoms with van der Waals surface area (Å²) in [4.78, 5) is 14.3. The number of anilines is 1. The number of hydrogen-bond donors (Lipinski definition) is 2. The molecule has 1 aromatic heterocycles. The van der Waals surface area contributed by atoms with Gasteiger partial charge in [0, 0.05) is 33.2 Å². The van der Waals surface area contributed by atoms with Crippen LogP contribution in [-0.2, 0) is 17.7 Å². The van der Waals surface area contributed by atoms with Crippen LogP contribution in [0, 0.1) is 0 Å². The highest BCUT2D eigenvalue weighted by Gasteiger charge is 2.37. The normalized spacial score (nSPS) is 23.0. The Labute approximate surface area is 130 Å². The maximum Gasteiger partial charge on any atom is 0.318 e. The molecule has 0 aliphatic carbocycles. The van der Waals surface area contributed by atoms with Crippen molar-refractivity contribution < 1.29 is 9.53 Å². The molecule has 0 aromatic carbocycles. The van der Waals surface area contributed by atoms with Gasteiger partial charge in [0.15, 0.2) is 0 Å². The molecular weight excluding hydrogens is 282 g/mol. The van der Waals surface area contributed by atoms with Crippen molar-refractivity contribution in [2.75, 3.05) is 25.5 Å². The number of ether oxygens (including phenoxy) is 1. The van der Waals surface area contributed by atoms with E-state index in [1.807, 2.05) is 31.9 Å². The summed E-state index contributed by atoms with van der Waals surface area (Å²) in [5, 5.41) is 14.4. The topological polar surface area (TPSA) is 79.4 Å². The van der Waals surface area contributed by atoms with Crippen LogP contribution in [0.3, 0.4) is 0 Å². The molecule has 1 fully saturated rings. The lowest BCUT2D eigenvalue weighted by Crippen LogP contribution is -2.52. The highest BCUT2D eigenvalue weighted by Crippen LogP contribution is 2.25. The molecular formula is C15H23N5O2. The highest BCUT2D eigenvalue weighted by atomic mass is 16.5. The summed E-state index contributed by atoms with van der Waals surface area (Å²) < 4.78 is 5.67. The van der Waals surface area contributed by atoms with E-state index in [0.717, 1.165) is 29.9 Å². The first-order valence-corrected chi connectivity index (χ1v) is 7.72. The molecule has 1 unspecified atom stereocenters. The van der Waals surface area contributed by atoms with Crippen LogP contribution in [0.25, 0.3) is 0 Å². The molecule has 0 saturated carbocycles. The summed E-state index contributed by atoms with van der Waals surface area (Å²) in [5.74, 6) is 0.728. The molecule has 3 rings (SSSR count). The van der Waals surface area contributed by atoms with E-state index in [9.17, 15) is 4.79 Å². The Kier molecular flexibility index (Phi) is 3.90. The van der Waals surface area contributed by atoms with Crippen molar-refractivity contribution in [2.45, 2.75) is 44.9 Å². The molecule has 7 nitrogen and oxygen atoms in total. The van der Waals surface area contributed by atoms with E-state index in [0.29, 0.717) is 19.7 Å². The number of hydrogen-bond acceptors (Lipinski definition) is 5. The standard InChI is InChI=1S/C15H23N5O2/c1-15(2)12(5-7-22-15)17-14(21)20-6-4-11-10(9-20)8-13(16-3)19-18-11/h8,12H,4-7,9H2,1-3H3,(H,16,19)(H,17,21). The third kappa shape index (κ3) is 2.85. The van der Waals surface area contributed by atoms with Gasteiger partial charge in [0.2, 0.25) is 0 Å². The number of rotatable bonds is 2. The number of urea groups is 1. The summed E-state index contributed by atoms with van der Waals surface area (Å²) >= 11 is 0. The van der Waals surface area contributed by atoms with E-state index in [2.05, 4.69) is 20.8 Å². The molecule has 1 saturated heterocycles. The van der Waals surface area contributed by atoms with Gasteiger partial charge in [-0.25, -0.2) is 4.79 Å². The van der Waals surface area contributed by atoms with E-state index in [1.54, 1.807) is 0 Å². The largest absolute Gasteiger partial charge is 0.373 e. The average Bonchev–Trinajstić information content (AvgIpc) is 2.84. The zero-order valence-corrected chi connectivity index (χ0v) is 13.3. The van der Waals surface area contributed by atoms with Gasteiger partial charge in [0.25, 0.3) is 0 Å². The van der Waals surface area contributed by atoms with Gasteiger partial charge >= 0.3 is 6.03 Å². The molecule has 7 heteroatoms. The van der Waals surface area contributed by atoms with Crippen LogP contribution >= 0.6 is 0 Å². The Hall–Kier alpha value is -1.89. The first-order valence-electron chi connectivity index (χ1n) is 7.72. The van der Waals surface area contributed by atoms with Crippen molar-refractivity contribution in [2.24, 2.45) is 0 Å². The van der Waals surface area contributed by atoms with Crippen LogP contribution in [0.4, 0.5) is 10.6 Å². The van der Waals surface area contributed by atoms with Crippen molar-refractivity contribution in [3.05, 3.63) is 17.3 Å². The fourth-order valence-electron chi connectivity index (χ4n) is 3.00. The fourth-order valence-corrected chi connectivity index (χ4v) is 3.00. The molecule has 2 aliphatic heterocycles. The summed E-state index contributed by atoms with van der Waals surface area (Å²) in [5.41, 5.74) is 1.74. The predicted molar refractivity (Wildman–Crippen MR) is 82.7 cm³/mol. The molecule has 2 N–H and O–H groups in total. The lowest BCUT2D eigenvalue weighted by atomic mass is 9.99. The highest BCUT2D eigenvalue weighted by molar-refractivity contribution is 5.75. The smallest absolute Gasteiger partial charge is 0.318 e. The quantitative estimate of drug-likeness (QED) is 0.857. The zero-order valence-electron chi connectivity index (χ0n) is 13.3. The van der Waals surface area contributed by atoms with Crippen molar-refractivity contribution in [1.29, 1.82) is 0 Å². The second kappa shape index (κ2) is 5.72. The molecule has 22 heavy (non-hydrogen) atoms. The van der Waals surface area contributed by atoms with E-state index >= 15 is 0 Å². The summed E-state index contributed by atoms with van der Waals surface area (Å²) in [6, 6.07) is 1.99. The summed E-state index contributed by atoms with van der Waals surface area (Å²) in [6.45, 7) is 5.97. The summed E-state index contributed by atoms with van der Waals surface area (Å²) in [7, 11) is 1.81. The van der Waals surface area contributed by atoms with Crippen LogP contribution in [0.15, 0.2) is 6.07 Å². The third-order valence-corrected chi connectivity index (χ3v) is 4.50. The molecule has 0 radical (unpaired) electrons. The lowest BCUT2D eigenvalue weighted by Gasteiger charge is -2.32. The van der Waals surface area contributed by atoms with Crippen LogP contribution in [0.5, 0.6) is 0 Å². The van der Waals surface area contributed by atoms with Crippen LogP contribution in [-0.4, -0.2) is 53.0 Å². The maximum absolute atomic E-state index is 12.5. The minimum atomic E-state index is -0.297. The number of nitrogens with one attached hydrogen (secondary N) is 2. The number of fused-ring (bicyclic) bond motifs is 1. The molecule has 2 amide bonds. The number of aromatic nitrogens is 2. The van der Waals surface area contributed by atoms with Crippen molar-refractivity contribution in [3.8, 4) is 0 Å². The molecule has 1 atom stereocenters. The van der Waals surface area contributed by atoms with E-state index in [1.165, 1.54) is 0 Å². The first kappa shape index (κ1) is 15.0. The van der Waals surface area contributed by atoms with Gasteiger partial charge in [0.1, 0.15) is 5.82 Å². The van der Waals surface area contributed by atoms with Crippen LogP contribution in [0.1, 0.15) is 31.5 Å². The molecule has 0 bridgehead atoms. The number of amides is 2. The Bertz CT molecular complexity index is 575. The van der Waals surface area contributed by atoms with Crippen molar-refractivity contribution in [1.82, 2.24) is 20.4 Å². The molecule has 3 heterocycles. The second-order valence-corrected chi connectivity index (χ2v) is 6.37. The number of carbonyl (C=O) groups is 1. The zero-order chi connectivity index (χ0) is 15.7. The van der Waals surface area contributed by atoms with E-state index in [4.69, 9.17) is 4.74 Å². The lowest BCUT2D eigenvalue weighted by molar-refractivity contribution is 0.0224. The minimum Gasteiger partial charge on any atom is -0.373 e. The van der Waals surface area contributed by atoms with Crippen molar-refractivity contribution >= 4 is 11.8 Å². The molecule has 120 valence electrons. The second-order valence-electron chi connectivity index (χ2n) is 6.37. The molecule has 1 aromatic rings. The van der Waals surface area contributed by atoms with Gasteiger partial charge in [-0.2, -0.15) is 5.10 Å². The Balaban J connectivity index is 1.67. The van der Waals surface area contributed by atoms with Gasteiger partial charge in [-0.1, -0.05) is 0 Å². The molecule has 2 aliphatic rings. The first-order chi connectivity index (χ1) is 10.5. The molecule has 0 spiro atoms. The Morgan fingerprint density at radius 3 is 2.95 bits per heavy atom. The minimum absolute atomic E-state index is 0.0305. The van der Waals surface area contributed by atoms with Gasteiger partial charge < -0.3 is 20.3 Å². The average molecular weight is 305 g/mol. The van der Waals surface area contributed by atoms with Gasteiger partial charge in [-0.05, 0) is 31.9 Å². The third-order valence-electron chi connectivity index (χ3n) is 4.50. The number of nitrogens with zero attached hydrogens (tertiary/aromatic N) is 3. The van der Waals surface area contributed by atoms with Crippen LogP contribution < -0.4 is 10.6 Å². The van der Waals surface area contributed by atoms with Gasteiger partial charge in [-0.15, -0.1) is 5.10 Å². The Morgan fingerprint density at radius 2 is 2.27 bits per heavy atom. The van der Waals surface area contributed by atoms with E-state index < -0.39 is 0 Å². The van der Waals surface area contributed by atoms with Crippen LogP contribution in [0.2, 0.25) is 0 Å². The SMILES string of the molecule is CNc1cc2c(nn1)CCN(C(=O)NC1CCOC1(C)C)C2. The van der Waals surface area contributed by atoms with E-state index in [-0.39, 0.29) is 17.7 Å². The van der Waals surface area contributed by atoms with Gasteiger partial charge in [0.05, 0.1) is 17.3 Å². The summed E-state index contributed by atoms with van der Waals surface area (Å²) in [6.07, 6.45) is 1.60. The van der Waals surface area contributed by atoms with Crippen molar-refractivity contribution in [3.63, 3.8) is 0 Å². The number of carbonyl (C=O) groups excluding carboxylic acids is 1. The van der Waals surface area contributed by atoms with Gasteiger partial charge in [-0.3, -0.25) is 0 Å². The maximum atomic E-state index is 12.5. The Morgan fingerprint density at radius 1 is 1.45 bits per heavy atom. The predicted octanol–water partition coefficient (Wildman–Crippen LogP) is 1.15.